The van der Waals surface area contributed by atoms with Crippen LogP contribution in [0.3, 0.4) is 0 Å². The molecule has 4 rings (SSSR count). The van der Waals surface area contributed by atoms with Gasteiger partial charge in [-0.15, -0.1) is 24.8 Å². The molecule has 1 fully saturated rings. The minimum absolute atomic E-state index is 0. The number of nitrogens with one attached hydrogen (secondary N) is 2. The largest absolute Gasteiger partial charge is 0.329 e. The molecule has 0 aliphatic carbocycles. The molecule has 2 N–H and O–H groups in total. The predicted octanol–water partition coefficient (Wildman–Crippen LogP) is 3.12. The number of rotatable bonds is 5. The molecule has 0 spiro atoms. The van der Waals surface area contributed by atoms with E-state index in [2.05, 4.69) is 25.5 Å². The fourth-order valence-electron chi connectivity index (χ4n) is 3.14. The molecule has 3 heterocycles. The zero-order valence-corrected chi connectivity index (χ0v) is 18.0. The number of hydrogen-bond donors (Lipinski definition) is 2. The zero-order chi connectivity index (χ0) is 18.5. The van der Waals surface area contributed by atoms with Crippen molar-refractivity contribution in [1.29, 1.82) is 0 Å². The first-order chi connectivity index (χ1) is 13.3. The minimum Gasteiger partial charge on any atom is -0.329 e. The quantitative estimate of drug-likeness (QED) is 0.578. The fraction of sp³-hybridized carbons (Fsp3) is 0.263. The molecular weight excluding hydrogens is 431 g/mol. The van der Waals surface area contributed by atoms with E-state index < -0.39 is 0 Å². The normalized spacial score (nSPS) is 15.9. The third-order valence-electron chi connectivity index (χ3n) is 4.54. The number of piperazine rings is 1. The van der Waals surface area contributed by atoms with E-state index in [4.69, 9.17) is 0 Å². The highest BCUT2D eigenvalue weighted by Gasteiger charge is 2.28. The Morgan fingerprint density at radius 1 is 1.21 bits per heavy atom. The number of carbonyl (C=O) groups excluding carboxylic acids is 1. The van der Waals surface area contributed by atoms with Gasteiger partial charge in [-0.1, -0.05) is 30.0 Å². The average Bonchev–Trinajstić information content (AvgIpc) is 3.26. The number of hydrogen-bond acceptors (Lipinski definition) is 6. The van der Waals surface area contributed by atoms with E-state index in [-0.39, 0.29) is 36.8 Å². The van der Waals surface area contributed by atoms with Crippen LogP contribution in [0.2, 0.25) is 0 Å². The smallest absolute Gasteiger partial charge is 0.254 e. The van der Waals surface area contributed by atoms with Gasteiger partial charge in [0.05, 0.1) is 6.04 Å². The van der Waals surface area contributed by atoms with E-state index in [1.54, 1.807) is 18.0 Å². The molecule has 1 aromatic carbocycles. The molecule has 2 aromatic heterocycles. The van der Waals surface area contributed by atoms with Crippen LogP contribution in [0.4, 0.5) is 0 Å². The molecule has 1 unspecified atom stereocenters. The molecular formula is C19H22Cl2N6OS. The Hall–Kier alpha value is -2.13. The Labute approximate surface area is 185 Å². The van der Waals surface area contributed by atoms with Crippen LogP contribution in [0.1, 0.15) is 27.5 Å². The Balaban J connectivity index is 0.00000150. The van der Waals surface area contributed by atoms with E-state index in [0.29, 0.717) is 12.1 Å². The van der Waals surface area contributed by atoms with Gasteiger partial charge in [-0.2, -0.15) is 5.10 Å². The molecule has 0 saturated carbocycles. The van der Waals surface area contributed by atoms with Crippen LogP contribution in [0.25, 0.3) is 0 Å². The number of carbonyl (C=O) groups is 1. The summed E-state index contributed by atoms with van der Waals surface area (Å²) in [5.41, 5.74) is 2.90. The first-order valence-corrected chi connectivity index (χ1v) is 9.78. The lowest BCUT2D eigenvalue weighted by molar-refractivity contribution is 0.0634. The van der Waals surface area contributed by atoms with Gasteiger partial charge in [-0.25, -0.2) is 4.98 Å². The predicted molar refractivity (Wildman–Crippen MR) is 118 cm³/mol. The standard InChI is InChI=1S/C19H20N6OS.2ClH/c26-18(25-9-8-21-11-17(25)16-2-1-7-20-10-16)15-5-3-14(4-6-15)12-27-19-22-13-23-24-19;;/h1-7,10,13,17,21H,8-9,11-12H2,(H,22,23,24);2*1H. The maximum Gasteiger partial charge on any atom is 0.254 e. The third-order valence-corrected chi connectivity index (χ3v) is 5.49. The van der Waals surface area contributed by atoms with Gasteiger partial charge >= 0.3 is 0 Å². The summed E-state index contributed by atoms with van der Waals surface area (Å²) in [4.78, 5) is 23.3. The summed E-state index contributed by atoms with van der Waals surface area (Å²) in [7, 11) is 0. The second kappa shape index (κ2) is 11.2. The van der Waals surface area contributed by atoms with Gasteiger partial charge in [0.1, 0.15) is 6.33 Å². The monoisotopic (exact) mass is 452 g/mol. The third kappa shape index (κ3) is 5.70. The van der Waals surface area contributed by atoms with Crippen molar-refractivity contribution < 1.29 is 4.79 Å². The van der Waals surface area contributed by atoms with E-state index in [1.165, 1.54) is 6.33 Å². The Morgan fingerprint density at radius 3 is 2.72 bits per heavy atom. The molecule has 1 atom stereocenters. The van der Waals surface area contributed by atoms with Crippen molar-refractivity contribution in [2.75, 3.05) is 19.6 Å². The summed E-state index contributed by atoms with van der Waals surface area (Å²) < 4.78 is 0. The number of H-pyrrole nitrogens is 1. The van der Waals surface area contributed by atoms with E-state index in [1.807, 2.05) is 47.5 Å². The number of aromatic amines is 1. The van der Waals surface area contributed by atoms with Crippen molar-refractivity contribution in [3.05, 3.63) is 71.8 Å². The van der Waals surface area contributed by atoms with Crippen LogP contribution >= 0.6 is 36.6 Å². The highest BCUT2D eigenvalue weighted by molar-refractivity contribution is 7.98. The lowest BCUT2D eigenvalue weighted by Gasteiger charge is -2.36. The number of thioether (sulfide) groups is 1. The van der Waals surface area contributed by atoms with Crippen LogP contribution in [0.15, 0.2) is 60.3 Å². The van der Waals surface area contributed by atoms with Gasteiger partial charge in [0, 0.05) is 43.3 Å². The van der Waals surface area contributed by atoms with Crippen molar-refractivity contribution in [2.24, 2.45) is 0 Å². The van der Waals surface area contributed by atoms with Crippen molar-refractivity contribution in [3.63, 3.8) is 0 Å². The SMILES string of the molecule is Cl.Cl.O=C(c1ccc(CSc2ncn[nH]2)cc1)N1CCNCC1c1cccnc1. The van der Waals surface area contributed by atoms with Gasteiger partial charge in [0.15, 0.2) is 5.16 Å². The van der Waals surface area contributed by atoms with Crippen LogP contribution in [-0.4, -0.2) is 50.6 Å². The number of benzene rings is 1. The van der Waals surface area contributed by atoms with Gasteiger partial charge in [-0.05, 0) is 29.3 Å². The van der Waals surface area contributed by atoms with Crippen LogP contribution < -0.4 is 5.32 Å². The van der Waals surface area contributed by atoms with Crippen molar-refractivity contribution in [1.82, 2.24) is 30.4 Å². The second-order valence-corrected chi connectivity index (χ2v) is 7.25. The first kappa shape index (κ1) is 23.2. The lowest BCUT2D eigenvalue weighted by atomic mass is 10.0. The maximum absolute atomic E-state index is 13.1. The average molecular weight is 453 g/mol. The van der Waals surface area contributed by atoms with Gasteiger partial charge in [-0.3, -0.25) is 14.9 Å². The highest BCUT2D eigenvalue weighted by atomic mass is 35.5. The Kier molecular flexibility index (Phi) is 8.91. The van der Waals surface area contributed by atoms with Crippen LogP contribution in [0.5, 0.6) is 0 Å². The summed E-state index contributed by atoms with van der Waals surface area (Å²) in [6.45, 7) is 2.22. The molecule has 3 aromatic rings. The number of halogens is 2. The summed E-state index contributed by atoms with van der Waals surface area (Å²) >= 11 is 1.58. The molecule has 1 saturated heterocycles. The highest BCUT2D eigenvalue weighted by Crippen LogP contribution is 2.24. The minimum atomic E-state index is 0. The van der Waals surface area contributed by atoms with E-state index in [0.717, 1.165) is 35.1 Å². The van der Waals surface area contributed by atoms with Gasteiger partial charge < -0.3 is 10.2 Å². The molecule has 10 heteroatoms. The van der Waals surface area contributed by atoms with Crippen molar-refractivity contribution >= 4 is 42.5 Å². The van der Waals surface area contributed by atoms with Gasteiger partial charge in [0.25, 0.3) is 5.91 Å². The molecule has 1 amide bonds. The Morgan fingerprint density at radius 2 is 2.03 bits per heavy atom. The fourth-order valence-corrected chi connectivity index (χ4v) is 3.88. The van der Waals surface area contributed by atoms with E-state index >= 15 is 0 Å². The molecule has 1 aliphatic rings. The molecule has 154 valence electrons. The second-order valence-electron chi connectivity index (χ2n) is 6.28. The number of nitrogens with zero attached hydrogens (tertiary/aromatic N) is 4. The molecule has 0 radical (unpaired) electrons. The molecule has 1 aliphatic heterocycles. The molecule has 7 nitrogen and oxygen atoms in total. The summed E-state index contributed by atoms with van der Waals surface area (Å²) in [5.74, 6) is 0.829. The number of amides is 1. The maximum atomic E-state index is 13.1. The first-order valence-electron chi connectivity index (χ1n) is 8.80. The van der Waals surface area contributed by atoms with Crippen molar-refractivity contribution in [3.8, 4) is 0 Å². The summed E-state index contributed by atoms with van der Waals surface area (Å²) in [6, 6.07) is 11.7. The summed E-state index contributed by atoms with van der Waals surface area (Å²) in [5, 5.41) is 10.8. The topological polar surface area (TPSA) is 86.8 Å². The summed E-state index contributed by atoms with van der Waals surface area (Å²) in [6.07, 6.45) is 5.08. The van der Waals surface area contributed by atoms with Crippen LogP contribution in [-0.2, 0) is 5.75 Å². The zero-order valence-electron chi connectivity index (χ0n) is 15.5. The lowest BCUT2D eigenvalue weighted by Crippen LogP contribution is -2.48. The Bertz CT molecular complexity index is 879. The van der Waals surface area contributed by atoms with E-state index in [9.17, 15) is 4.79 Å². The molecule has 29 heavy (non-hydrogen) atoms. The number of aromatic nitrogens is 4. The van der Waals surface area contributed by atoms with Crippen molar-refractivity contribution in [2.45, 2.75) is 17.0 Å². The number of pyridine rings is 1. The molecule has 0 bridgehead atoms. The van der Waals surface area contributed by atoms with Crippen LogP contribution in [0, 0.1) is 0 Å². The van der Waals surface area contributed by atoms with Gasteiger partial charge in [0.2, 0.25) is 0 Å².